The summed E-state index contributed by atoms with van der Waals surface area (Å²) in [6.45, 7) is 17.1. The van der Waals surface area contributed by atoms with Gasteiger partial charge in [0, 0.05) is 30.8 Å². The van der Waals surface area contributed by atoms with Gasteiger partial charge in [0.2, 0.25) is 5.91 Å². The van der Waals surface area contributed by atoms with Gasteiger partial charge < -0.3 is 20.3 Å². The van der Waals surface area contributed by atoms with Crippen LogP contribution in [0.2, 0.25) is 0 Å². The Morgan fingerprint density at radius 2 is 1.60 bits per heavy atom. The molecule has 8 heteroatoms. The van der Waals surface area contributed by atoms with Crippen molar-refractivity contribution < 1.29 is 14.3 Å². The molecule has 216 valence electrons. The molecule has 8 nitrogen and oxygen atoms in total. The second-order valence-electron chi connectivity index (χ2n) is 11.9. The Labute approximate surface area is 239 Å². The number of aryl methyl sites for hydroxylation is 1. The van der Waals surface area contributed by atoms with E-state index in [4.69, 9.17) is 9.84 Å². The lowest BCUT2D eigenvalue weighted by molar-refractivity contribution is -0.116. The number of hydrogen-bond acceptors (Lipinski definition) is 4. The molecule has 1 heterocycles. The highest BCUT2D eigenvalue weighted by atomic mass is 16.5. The molecule has 0 unspecified atom stereocenters. The van der Waals surface area contributed by atoms with Crippen LogP contribution >= 0.6 is 0 Å². The van der Waals surface area contributed by atoms with E-state index in [1.54, 1.807) is 11.8 Å². The van der Waals surface area contributed by atoms with Crippen molar-refractivity contribution in [3.63, 3.8) is 0 Å². The van der Waals surface area contributed by atoms with Crippen LogP contribution in [-0.4, -0.2) is 53.4 Å². The van der Waals surface area contributed by atoms with E-state index >= 15 is 0 Å². The molecule has 0 atom stereocenters. The van der Waals surface area contributed by atoms with Crippen LogP contribution in [0.4, 0.5) is 16.3 Å². The maximum atomic E-state index is 13.6. The van der Waals surface area contributed by atoms with Gasteiger partial charge in [-0.05, 0) is 47.6 Å². The Morgan fingerprint density at radius 3 is 2.15 bits per heavy atom. The number of hydrogen-bond donors (Lipinski definition) is 2. The number of anilines is 2. The van der Waals surface area contributed by atoms with E-state index in [1.165, 1.54) is 4.90 Å². The van der Waals surface area contributed by atoms with Crippen molar-refractivity contribution in [2.45, 2.75) is 72.6 Å². The van der Waals surface area contributed by atoms with Gasteiger partial charge in [-0.2, -0.15) is 5.10 Å². The summed E-state index contributed by atoms with van der Waals surface area (Å²) in [6, 6.07) is 15.6. The van der Waals surface area contributed by atoms with Gasteiger partial charge in [0.15, 0.2) is 0 Å². The van der Waals surface area contributed by atoms with E-state index in [0.717, 1.165) is 33.8 Å². The topological polar surface area (TPSA) is 88.5 Å². The fourth-order valence-corrected chi connectivity index (χ4v) is 4.48. The minimum atomic E-state index is -0.343. The zero-order chi connectivity index (χ0) is 29.6. The zero-order valence-corrected chi connectivity index (χ0v) is 25.5. The van der Waals surface area contributed by atoms with E-state index in [0.29, 0.717) is 12.4 Å². The first-order valence-corrected chi connectivity index (χ1v) is 14.0. The molecule has 0 aliphatic carbocycles. The van der Waals surface area contributed by atoms with E-state index in [9.17, 15) is 9.59 Å². The summed E-state index contributed by atoms with van der Waals surface area (Å²) in [5.41, 5.74) is 5.52. The monoisotopic (exact) mass is 547 g/mol. The highest BCUT2D eigenvalue weighted by molar-refractivity contribution is 5.97. The fourth-order valence-electron chi connectivity index (χ4n) is 4.48. The molecule has 3 rings (SSSR count). The molecule has 3 amide bonds. The lowest BCUT2D eigenvalue weighted by atomic mass is 9.92. The largest absolute Gasteiger partial charge is 0.383 e. The number of urea groups is 1. The third-order valence-electron chi connectivity index (χ3n) is 6.78. The SMILES string of the molecule is COCCN(CC(=O)Nc1cc(C(C)(C)C)nn1-c1cccc(C)c1)C(=O)Nc1c(C(C)C)cccc1C(C)C. The van der Waals surface area contributed by atoms with Gasteiger partial charge in [0.1, 0.15) is 12.4 Å². The maximum absolute atomic E-state index is 13.6. The summed E-state index contributed by atoms with van der Waals surface area (Å²) >= 11 is 0. The van der Waals surface area contributed by atoms with E-state index in [2.05, 4.69) is 59.1 Å². The highest BCUT2D eigenvalue weighted by Gasteiger charge is 2.24. The third kappa shape index (κ3) is 7.72. The van der Waals surface area contributed by atoms with Crippen LogP contribution in [-0.2, 0) is 14.9 Å². The standard InChI is InChI=1S/C32H45N5O3/c1-21(2)25-14-11-15-26(22(3)4)30(25)34-31(39)36(16-17-40-9)20-29(38)33-28-19-27(32(6,7)8)35-37(28)24-13-10-12-23(5)18-24/h10-15,18-19,21-22H,16-17,20H2,1-9H3,(H,33,38)(H,34,39). The summed E-state index contributed by atoms with van der Waals surface area (Å²) in [7, 11) is 1.58. The predicted octanol–water partition coefficient (Wildman–Crippen LogP) is 6.84. The maximum Gasteiger partial charge on any atom is 0.322 e. The molecule has 0 saturated heterocycles. The molecule has 40 heavy (non-hydrogen) atoms. The lowest BCUT2D eigenvalue weighted by Gasteiger charge is -2.26. The van der Waals surface area contributed by atoms with Crippen molar-refractivity contribution in [1.29, 1.82) is 0 Å². The van der Waals surface area contributed by atoms with E-state index in [1.807, 2.05) is 55.5 Å². The minimum Gasteiger partial charge on any atom is -0.383 e. The Hall–Kier alpha value is -3.65. The van der Waals surface area contributed by atoms with Gasteiger partial charge in [0.25, 0.3) is 0 Å². The summed E-state index contributed by atoms with van der Waals surface area (Å²) in [5, 5.41) is 10.9. The number of aromatic nitrogens is 2. The van der Waals surface area contributed by atoms with Crippen LogP contribution in [0.1, 0.15) is 82.7 Å². The van der Waals surface area contributed by atoms with Crippen LogP contribution in [0.25, 0.3) is 5.69 Å². The number of benzene rings is 2. The summed E-state index contributed by atoms with van der Waals surface area (Å²) < 4.78 is 7.01. The van der Waals surface area contributed by atoms with Crippen LogP contribution in [0, 0.1) is 6.92 Å². The fraction of sp³-hybridized carbons (Fsp3) is 0.469. The quantitative estimate of drug-likeness (QED) is 0.291. The average Bonchev–Trinajstić information content (AvgIpc) is 3.30. The number of carbonyl (C=O) groups is 2. The molecule has 1 aromatic heterocycles. The highest BCUT2D eigenvalue weighted by Crippen LogP contribution is 2.32. The van der Waals surface area contributed by atoms with Crippen molar-refractivity contribution in [3.05, 3.63) is 70.9 Å². The second-order valence-corrected chi connectivity index (χ2v) is 11.9. The smallest absolute Gasteiger partial charge is 0.322 e. The number of carbonyl (C=O) groups excluding carboxylic acids is 2. The molecule has 0 bridgehead atoms. The zero-order valence-electron chi connectivity index (χ0n) is 25.5. The summed E-state index contributed by atoms with van der Waals surface area (Å²) in [5.74, 6) is 0.689. The first kappa shape index (κ1) is 30.9. The molecular formula is C32H45N5O3. The molecule has 0 radical (unpaired) electrons. The molecule has 3 aromatic rings. The summed E-state index contributed by atoms with van der Waals surface area (Å²) in [4.78, 5) is 28.5. The number of rotatable bonds is 10. The molecule has 0 aliphatic heterocycles. The Kier molecular flexibility index (Phi) is 10.1. The lowest BCUT2D eigenvalue weighted by Crippen LogP contribution is -2.42. The van der Waals surface area contributed by atoms with E-state index in [-0.39, 0.29) is 42.3 Å². The number of nitrogens with zero attached hydrogens (tertiary/aromatic N) is 3. The van der Waals surface area contributed by atoms with Crippen LogP contribution in [0.3, 0.4) is 0 Å². The van der Waals surface area contributed by atoms with Gasteiger partial charge >= 0.3 is 6.03 Å². The second kappa shape index (κ2) is 13.1. The predicted molar refractivity (Wildman–Crippen MR) is 163 cm³/mol. The van der Waals surface area contributed by atoms with Crippen molar-refractivity contribution in [2.75, 3.05) is 37.4 Å². The summed E-state index contributed by atoms with van der Waals surface area (Å²) in [6.07, 6.45) is 0. The van der Waals surface area contributed by atoms with Crippen LogP contribution in [0.5, 0.6) is 0 Å². The Bertz CT molecular complexity index is 1290. The number of nitrogens with one attached hydrogen (secondary N) is 2. The van der Waals surface area contributed by atoms with Gasteiger partial charge in [-0.25, -0.2) is 9.48 Å². The molecule has 2 aromatic carbocycles. The number of methoxy groups -OCH3 is 1. The average molecular weight is 548 g/mol. The Morgan fingerprint density at radius 1 is 0.975 bits per heavy atom. The molecule has 0 saturated carbocycles. The first-order valence-electron chi connectivity index (χ1n) is 14.0. The van der Waals surface area contributed by atoms with Crippen molar-refractivity contribution >= 4 is 23.4 Å². The first-order chi connectivity index (χ1) is 18.8. The van der Waals surface area contributed by atoms with Gasteiger partial charge in [-0.3, -0.25) is 4.79 Å². The van der Waals surface area contributed by atoms with Gasteiger partial charge in [-0.1, -0.05) is 78.8 Å². The Balaban J connectivity index is 1.88. The molecule has 0 spiro atoms. The van der Waals surface area contributed by atoms with Crippen LogP contribution in [0.15, 0.2) is 48.5 Å². The van der Waals surface area contributed by atoms with Crippen molar-refractivity contribution in [2.24, 2.45) is 0 Å². The normalized spacial score (nSPS) is 11.7. The van der Waals surface area contributed by atoms with Gasteiger partial charge in [0.05, 0.1) is 18.0 Å². The molecule has 2 N–H and O–H groups in total. The van der Waals surface area contributed by atoms with Crippen LogP contribution < -0.4 is 10.6 Å². The molecule has 0 fully saturated rings. The third-order valence-corrected chi connectivity index (χ3v) is 6.78. The van der Waals surface area contributed by atoms with E-state index < -0.39 is 0 Å². The molecular weight excluding hydrogens is 502 g/mol. The number of para-hydroxylation sites is 1. The van der Waals surface area contributed by atoms with Crippen molar-refractivity contribution in [1.82, 2.24) is 14.7 Å². The van der Waals surface area contributed by atoms with Crippen molar-refractivity contribution in [3.8, 4) is 5.69 Å². The minimum absolute atomic E-state index is 0.139. The van der Waals surface area contributed by atoms with Gasteiger partial charge in [-0.15, -0.1) is 0 Å². The number of ether oxygens (including phenoxy) is 1. The number of amides is 3. The molecule has 0 aliphatic rings.